The van der Waals surface area contributed by atoms with E-state index in [0.717, 1.165) is 35.9 Å². The summed E-state index contributed by atoms with van der Waals surface area (Å²) >= 11 is 0. The normalized spacial score (nSPS) is 18.9. The van der Waals surface area contributed by atoms with E-state index in [1.807, 2.05) is 30.3 Å². The quantitative estimate of drug-likeness (QED) is 0.659. The van der Waals surface area contributed by atoms with E-state index in [1.54, 1.807) is 6.92 Å². The molecule has 1 aromatic heterocycles. The van der Waals surface area contributed by atoms with Gasteiger partial charge >= 0.3 is 5.97 Å². The van der Waals surface area contributed by atoms with Crippen LogP contribution in [0.3, 0.4) is 0 Å². The number of nitrogens with one attached hydrogen (secondary N) is 1. The molecule has 1 aliphatic rings. The van der Waals surface area contributed by atoms with Gasteiger partial charge in [-0.3, -0.25) is 4.79 Å². The molecular formula is C21H27N3O5. The minimum absolute atomic E-state index is 0.0288. The van der Waals surface area contributed by atoms with E-state index >= 15 is 0 Å². The fraction of sp³-hybridized carbons (Fsp3) is 0.476. The highest BCUT2D eigenvalue weighted by molar-refractivity contribution is 5.87. The molecule has 2 atom stereocenters. The van der Waals surface area contributed by atoms with Crippen LogP contribution in [0.5, 0.6) is 5.88 Å². The third-order valence-corrected chi connectivity index (χ3v) is 4.89. The fourth-order valence-corrected chi connectivity index (χ4v) is 3.46. The molecule has 3 rings (SSSR count). The van der Waals surface area contributed by atoms with Gasteiger partial charge in [-0.15, -0.1) is 0 Å². The summed E-state index contributed by atoms with van der Waals surface area (Å²) in [6.45, 7) is 2.20. The number of aromatic hydroxyl groups is 1. The van der Waals surface area contributed by atoms with Crippen molar-refractivity contribution in [1.82, 2.24) is 15.1 Å². The van der Waals surface area contributed by atoms with Crippen LogP contribution in [0.15, 0.2) is 36.4 Å². The summed E-state index contributed by atoms with van der Waals surface area (Å²) < 4.78 is 12.0. The molecule has 2 N–H and O–H groups in total. The zero-order valence-corrected chi connectivity index (χ0v) is 16.5. The standard InChI is InChI=1S/C21H27N3O5/c1-2-28-21(27)17-12-20(26)24(23-17)13-19(25)22-16-10-6-7-11-18(16)29-14-15-8-4-3-5-9-15/h3-5,8-9,12,16,18,26H,2,6-7,10-11,13-14H2,1H3,(H,22,25). The first-order valence-electron chi connectivity index (χ1n) is 9.95. The first kappa shape index (κ1) is 20.9. The number of nitrogens with zero attached hydrogens (tertiary/aromatic N) is 2. The molecule has 156 valence electrons. The number of benzene rings is 1. The molecule has 0 saturated heterocycles. The first-order valence-corrected chi connectivity index (χ1v) is 9.95. The molecule has 1 amide bonds. The van der Waals surface area contributed by atoms with Gasteiger partial charge in [-0.25, -0.2) is 9.48 Å². The van der Waals surface area contributed by atoms with E-state index in [4.69, 9.17) is 9.47 Å². The van der Waals surface area contributed by atoms with Crippen molar-refractivity contribution < 1.29 is 24.2 Å². The van der Waals surface area contributed by atoms with Gasteiger partial charge in [0.15, 0.2) is 5.69 Å². The monoisotopic (exact) mass is 401 g/mol. The maximum atomic E-state index is 12.5. The van der Waals surface area contributed by atoms with Gasteiger partial charge in [0.25, 0.3) is 0 Å². The summed E-state index contributed by atoms with van der Waals surface area (Å²) in [5.74, 6) is -1.19. The van der Waals surface area contributed by atoms with Crippen LogP contribution in [0.1, 0.15) is 48.7 Å². The molecule has 0 aliphatic heterocycles. The third-order valence-electron chi connectivity index (χ3n) is 4.89. The zero-order chi connectivity index (χ0) is 20.6. The Bertz CT molecular complexity index is 821. The van der Waals surface area contributed by atoms with Crippen LogP contribution in [0, 0.1) is 0 Å². The Morgan fingerprint density at radius 1 is 1.24 bits per heavy atom. The van der Waals surface area contributed by atoms with Gasteiger partial charge in [-0.1, -0.05) is 43.2 Å². The first-order chi connectivity index (χ1) is 14.1. The number of aromatic nitrogens is 2. The number of amides is 1. The molecule has 1 aromatic carbocycles. The second-order valence-electron chi connectivity index (χ2n) is 7.06. The van der Waals surface area contributed by atoms with Crippen LogP contribution in [0.4, 0.5) is 0 Å². The van der Waals surface area contributed by atoms with Gasteiger partial charge in [0.2, 0.25) is 11.8 Å². The number of rotatable bonds is 8. The molecular weight excluding hydrogens is 374 g/mol. The molecule has 2 unspecified atom stereocenters. The summed E-state index contributed by atoms with van der Waals surface area (Å²) in [7, 11) is 0. The van der Waals surface area contributed by atoms with E-state index in [0.29, 0.717) is 6.61 Å². The number of hydrogen-bond donors (Lipinski definition) is 2. The highest BCUT2D eigenvalue weighted by Crippen LogP contribution is 2.23. The lowest BCUT2D eigenvalue weighted by molar-refractivity contribution is -0.124. The van der Waals surface area contributed by atoms with Crippen LogP contribution in [-0.4, -0.2) is 45.5 Å². The predicted octanol–water partition coefficient (Wildman–Crippen LogP) is 2.41. The van der Waals surface area contributed by atoms with Crippen LogP contribution >= 0.6 is 0 Å². The Morgan fingerprint density at radius 2 is 2.00 bits per heavy atom. The fourth-order valence-electron chi connectivity index (χ4n) is 3.46. The van der Waals surface area contributed by atoms with Crippen molar-refractivity contribution in [3.05, 3.63) is 47.7 Å². The molecule has 8 heteroatoms. The van der Waals surface area contributed by atoms with Gasteiger partial charge in [-0.05, 0) is 25.3 Å². The molecule has 1 fully saturated rings. The smallest absolute Gasteiger partial charge is 0.358 e. The third kappa shape index (κ3) is 5.80. The molecule has 8 nitrogen and oxygen atoms in total. The minimum Gasteiger partial charge on any atom is -0.493 e. The van der Waals surface area contributed by atoms with Crippen molar-refractivity contribution in [3.63, 3.8) is 0 Å². The summed E-state index contributed by atoms with van der Waals surface area (Å²) in [5, 5.41) is 16.9. The minimum atomic E-state index is -0.636. The van der Waals surface area contributed by atoms with E-state index < -0.39 is 5.97 Å². The number of ether oxygens (including phenoxy) is 2. The molecule has 2 aromatic rings. The lowest BCUT2D eigenvalue weighted by Crippen LogP contribution is -2.47. The maximum Gasteiger partial charge on any atom is 0.358 e. The second-order valence-corrected chi connectivity index (χ2v) is 7.06. The molecule has 29 heavy (non-hydrogen) atoms. The number of hydrogen-bond acceptors (Lipinski definition) is 6. The van der Waals surface area contributed by atoms with Gasteiger partial charge in [-0.2, -0.15) is 5.10 Å². The number of carbonyl (C=O) groups is 2. The Balaban J connectivity index is 1.56. The Labute approximate surface area is 169 Å². The van der Waals surface area contributed by atoms with Crippen LogP contribution in [-0.2, 0) is 27.4 Å². The lowest BCUT2D eigenvalue weighted by Gasteiger charge is -2.32. The summed E-state index contributed by atoms with van der Waals surface area (Å²) in [6, 6.07) is 11.0. The average molecular weight is 401 g/mol. The van der Waals surface area contributed by atoms with E-state index in [-0.39, 0.29) is 42.8 Å². The Hall–Kier alpha value is -2.87. The van der Waals surface area contributed by atoms with Gasteiger partial charge in [0.1, 0.15) is 6.54 Å². The van der Waals surface area contributed by atoms with Crippen molar-refractivity contribution >= 4 is 11.9 Å². The highest BCUT2D eigenvalue weighted by Gasteiger charge is 2.27. The molecule has 1 heterocycles. The van der Waals surface area contributed by atoms with Crippen molar-refractivity contribution in [3.8, 4) is 5.88 Å². The van der Waals surface area contributed by atoms with Gasteiger partial charge in [0, 0.05) is 6.07 Å². The highest BCUT2D eigenvalue weighted by atomic mass is 16.5. The largest absolute Gasteiger partial charge is 0.493 e. The van der Waals surface area contributed by atoms with Crippen molar-refractivity contribution in [2.24, 2.45) is 0 Å². The molecule has 0 spiro atoms. The Kier molecular flexibility index (Phi) is 7.24. The maximum absolute atomic E-state index is 12.5. The van der Waals surface area contributed by atoms with Crippen LogP contribution in [0.2, 0.25) is 0 Å². The van der Waals surface area contributed by atoms with E-state index in [2.05, 4.69) is 10.4 Å². The van der Waals surface area contributed by atoms with Crippen LogP contribution in [0.25, 0.3) is 0 Å². The number of carbonyl (C=O) groups excluding carboxylic acids is 2. The van der Waals surface area contributed by atoms with Gasteiger partial charge < -0.3 is 19.9 Å². The lowest BCUT2D eigenvalue weighted by atomic mass is 9.92. The second kappa shape index (κ2) is 10.1. The van der Waals surface area contributed by atoms with Gasteiger partial charge in [0.05, 0.1) is 25.4 Å². The van der Waals surface area contributed by atoms with Crippen LogP contribution < -0.4 is 5.32 Å². The van der Waals surface area contributed by atoms with E-state index in [9.17, 15) is 14.7 Å². The number of esters is 1. The molecule has 1 saturated carbocycles. The molecule has 0 bridgehead atoms. The molecule has 1 aliphatic carbocycles. The average Bonchev–Trinajstić information content (AvgIpc) is 3.08. The van der Waals surface area contributed by atoms with E-state index in [1.165, 1.54) is 6.07 Å². The van der Waals surface area contributed by atoms with Crippen molar-refractivity contribution in [1.29, 1.82) is 0 Å². The van der Waals surface area contributed by atoms with Crippen molar-refractivity contribution in [2.75, 3.05) is 6.61 Å². The summed E-state index contributed by atoms with van der Waals surface area (Å²) in [6.07, 6.45) is 3.75. The predicted molar refractivity (Wildman–Crippen MR) is 105 cm³/mol. The summed E-state index contributed by atoms with van der Waals surface area (Å²) in [5.41, 5.74) is 1.06. The molecule has 0 radical (unpaired) electrons. The zero-order valence-electron chi connectivity index (χ0n) is 16.5. The summed E-state index contributed by atoms with van der Waals surface area (Å²) in [4.78, 5) is 24.2. The SMILES string of the molecule is CCOC(=O)c1cc(O)n(CC(=O)NC2CCCCC2OCc2ccccc2)n1. The topological polar surface area (TPSA) is 103 Å². The van der Waals surface area contributed by atoms with Crippen molar-refractivity contribution in [2.45, 2.75) is 57.9 Å². The Morgan fingerprint density at radius 3 is 2.76 bits per heavy atom.